The van der Waals surface area contributed by atoms with E-state index in [0.29, 0.717) is 49.2 Å². The predicted octanol–water partition coefficient (Wildman–Crippen LogP) is 2.97. The molecule has 0 unspecified atom stereocenters. The van der Waals surface area contributed by atoms with E-state index in [4.69, 9.17) is 14.2 Å². The first kappa shape index (κ1) is 19.0. The van der Waals surface area contributed by atoms with Crippen molar-refractivity contribution in [2.24, 2.45) is 0 Å². The minimum atomic E-state index is -0.220. The SMILES string of the molecule is CCOc1ccc(NC(=O)c2ccc(N3CCOCC3)nc2)cc1OCC. The lowest BCUT2D eigenvalue weighted by atomic mass is 10.2. The predicted molar refractivity (Wildman–Crippen MR) is 104 cm³/mol. The molecule has 0 spiro atoms. The molecule has 0 atom stereocenters. The molecule has 1 aromatic carbocycles. The molecule has 1 aromatic heterocycles. The van der Waals surface area contributed by atoms with Crippen molar-refractivity contribution >= 4 is 17.4 Å². The second-order valence-electron chi connectivity index (χ2n) is 5.99. The Labute approximate surface area is 159 Å². The number of aromatic nitrogens is 1. The number of carbonyl (C=O) groups excluding carboxylic acids is 1. The molecule has 1 N–H and O–H groups in total. The lowest BCUT2D eigenvalue weighted by Gasteiger charge is -2.27. The van der Waals surface area contributed by atoms with E-state index in [1.165, 1.54) is 0 Å². The Morgan fingerprint density at radius 1 is 1.11 bits per heavy atom. The number of nitrogens with one attached hydrogen (secondary N) is 1. The molecule has 1 amide bonds. The fraction of sp³-hybridized carbons (Fsp3) is 0.400. The monoisotopic (exact) mass is 371 g/mol. The van der Waals surface area contributed by atoms with Gasteiger partial charge in [0.05, 0.1) is 32.0 Å². The minimum absolute atomic E-state index is 0.220. The third-order valence-corrected chi connectivity index (χ3v) is 4.15. The summed E-state index contributed by atoms with van der Waals surface area (Å²) in [7, 11) is 0. The smallest absolute Gasteiger partial charge is 0.257 e. The van der Waals surface area contributed by atoms with Gasteiger partial charge in [-0.3, -0.25) is 4.79 Å². The first-order valence-corrected chi connectivity index (χ1v) is 9.21. The molecule has 1 aliphatic rings. The first-order valence-electron chi connectivity index (χ1n) is 9.21. The van der Waals surface area contributed by atoms with Crippen LogP contribution in [-0.4, -0.2) is 50.4 Å². The normalized spacial score (nSPS) is 13.9. The van der Waals surface area contributed by atoms with Crippen LogP contribution in [0.1, 0.15) is 24.2 Å². The van der Waals surface area contributed by atoms with E-state index in [2.05, 4.69) is 15.2 Å². The first-order chi connectivity index (χ1) is 13.2. The molecular formula is C20H25N3O4. The maximum absolute atomic E-state index is 12.5. The van der Waals surface area contributed by atoms with Crippen molar-refractivity contribution in [2.75, 3.05) is 49.7 Å². The van der Waals surface area contributed by atoms with Gasteiger partial charge in [0.25, 0.3) is 5.91 Å². The third-order valence-electron chi connectivity index (χ3n) is 4.15. The van der Waals surface area contributed by atoms with E-state index < -0.39 is 0 Å². The van der Waals surface area contributed by atoms with E-state index in [1.807, 2.05) is 19.9 Å². The number of carbonyl (C=O) groups is 1. The molecule has 144 valence electrons. The molecule has 7 nitrogen and oxygen atoms in total. The molecule has 2 heterocycles. The van der Waals surface area contributed by atoms with Crippen molar-refractivity contribution in [2.45, 2.75) is 13.8 Å². The van der Waals surface area contributed by atoms with Gasteiger partial charge in [-0.15, -0.1) is 0 Å². The average molecular weight is 371 g/mol. The summed E-state index contributed by atoms with van der Waals surface area (Å²) in [5.41, 5.74) is 1.14. The van der Waals surface area contributed by atoms with Crippen molar-refractivity contribution in [3.8, 4) is 11.5 Å². The van der Waals surface area contributed by atoms with Crippen LogP contribution >= 0.6 is 0 Å². The Balaban J connectivity index is 1.68. The molecule has 0 aliphatic carbocycles. The van der Waals surface area contributed by atoms with Crippen molar-refractivity contribution in [1.29, 1.82) is 0 Å². The van der Waals surface area contributed by atoms with Crippen molar-refractivity contribution < 1.29 is 19.0 Å². The van der Waals surface area contributed by atoms with Crippen molar-refractivity contribution in [3.05, 3.63) is 42.1 Å². The summed E-state index contributed by atoms with van der Waals surface area (Å²) >= 11 is 0. The van der Waals surface area contributed by atoms with Crippen molar-refractivity contribution in [1.82, 2.24) is 4.98 Å². The summed E-state index contributed by atoms with van der Waals surface area (Å²) in [4.78, 5) is 19.1. The number of benzene rings is 1. The van der Waals surface area contributed by atoms with Crippen LogP contribution in [0.4, 0.5) is 11.5 Å². The second-order valence-corrected chi connectivity index (χ2v) is 5.99. The van der Waals surface area contributed by atoms with Gasteiger partial charge in [-0.1, -0.05) is 0 Å². The lowest BCUT2D eigenvalue weighted by molar-refractivity contribution is 0.102. The molecule has 1 fully saturated rings. The number of pyridine rings is 1. The lowest BCUT2D eigenvalue weighted by Crippen LogP contribution is -2.36. The highest BCUT2D eigenvalue weighted by atomic mass is 16.5. The molecule has 0 saturated carbocycles. The number of hydrogen-bond donors (Lipinski definition) is 1. The van der Waals surface area contributed by atoms with E-state index in [1.54, 1.807) is 30.5 Å². The minimum Gasteiger partial charge on any atom is -0.490 e. The summed E-state index contributed by atoms with van der Waals surface area (Å²) in [6.45, 7) is 7.91. The average Bonchev–Trinajstić information content (AvgIpc) is 2.71. The Morgan fingerprint density at radius 2 is 1.85 bits per heavy atom. The number of ether oxygens (including phenoxy) is 3. The fourth-order valence-corrected chi connectivity index (χ4v) is 2.83. The summed E-state index contributed by atoms with van der Waals surface area (Å²) < 4.78 is 16.5. The van der Waals surface area contributed by atoms with E-state index in [9.17, 15) is 4.79 Å². The summed E-state index contributed by atoms with van der Waals surface area (Å²) in [5, 5.41) is 2.88. The maximum Gasteiger partial charge on any atom is 0.257 e. The molecule has 27 heavy (non-hydrogen) atoms. The van der Waals surface area contributed by atoms with E-state index >= 15 is 0 Å². The number of hydrogen-bond acceptors (Lipinski definition) is 6. The van der Waals surface area contributed by atoms with Gasteiger partial charge in [0.15, 0.2) is 11.5 Å². The van der Waals surface area contributed by atoms with Gasteiger partial charge in [-0.05, 0) is 38.1 Å². The number of anilines is 2. The molecule has 2 aromatic rings. The maximum atomic E-state index is 12.5. The van der Waals surface area contributed by atoms with Crippen LogP contribution in [0.2, 0.25) is 0 Å². The highest BCUT2D eigenvalue weighted by molar-refractivity contribution is 6.04. The molecule has 0 radical (unpaired) electrons. The number of rotatable bonds is 7. The summed E-state index contributed by atoms with van der Waals surface area (Å²) in [5.74, 6) is 1.91. The zero-order valence-corrected chi connectivity index (χ0v) is 15.7. The van der Waals surface area contributed by atoms with Gasteiger partial charge in [0.2, 0.25) is 0 Å². The van der Waals surface area contributed by atoms with Crippen LogP contribution in [0.25, 0.3) is 0 Å². The zero-order chi connectivity index (χ0) is 19.1. The van der Waals surface area contributed by atoms with Crippen LogP contribution in [0.5, 0.6) is 11.5 Å². The van der Waals surface area contributed by atoms with Gasteiger partial charge < -0.3 is 24.4 Å². The molecule has 0 bridgehead atoms. The van der Waals surface area contributed by atoms with Crippen LogP contribution in [0.15, 0.2) is 36.5 Å². The highest BCUT2D eigenvalue weighted by Gasteiger charge is 2.14. The van der Waals surface area contributed by atoms with Gasteiger partial charge in [-0.2, -0.15) is 0 Å². The Bertz CT molecular complexity index is 758. The summed E-state index contributed by atoms with van der Waals surface area (Å²) in [6, 6.07) is 9.00. The van der Waals surface area contributed by atoms with Gasteiger partial charge in [0, 0.05) is 31.0 Å². The fourth-order valence-electron chi connectivity index (χ4n) is 2.83. The number of nitrogens with zero attached hydrogens (tertiary/aromatic N) is 2. The zero-order valence-electron chi connectivity index (χ0n) is 15.7. The standard InChI is InChI=1S/C20H25N3O4/c1-3-26-17-7-6-16(13-18(17)27-4-2)22-20(24)15-5-8-19(21-14-15)23-9-11-25-12-10-23/h5-8,13-14H,3-4,9-12H2,1-2H3,(H,22,24). The van der Waals surface area contributed by atoms with Crippen LogP contribution in [-0.2, 0) is 4.74 Å². The second kappa shape index (κ2) is 9.23. The van der Waals surface area contributed by atoms with Gasteiger partial charge in [-0.25, -0.2) is 4.98 Å². The Morgan fingerprint density at radius 3 is 2.52 bits per heavy atom. The topological polar surface area (TPSA) is 72.9 Å². The Kier molecular flexibility index (Phi) is 6.49. The van der Waals surface area contributed by atoms with Gasteiger partial charge in [0.1, 0.15) is 5.82 Å². The number of morpholine rings is 1. The van der Waals surface area contributed by atoms with Crippen LogP contribution < -0.4 is 19.7 Å². The molecule has 1 aliphatic heterocycles. The molecule has 7 heteroatoms. The third kappa shape index (κ3) is 4.89. The Hall–Kier alpha value is -2.80. The van der Waals surface area contributed by atoms with E-state index in [0.717, 1.165) is 18.9 Å². The highest BCUT2D eigenvalue weighted by Crippen LogP contribution is 2.30. The van der Waals surface area contributed by atoms with Crippen molar-refractivity contribution in [3.63, 3.8) is 0 Å². The van der Waals surface area contributed by atoms with Gasteiger partial charge >= 0.3 is 0 Å². The van der Waals surface area contributed by atoms with E-state index in [-0.39, 0.29) is 5.91 Å². The molecular weight excluding hydrogens is 346 g/mol. The summed E-state index contributed by atoms with van der Waals surface area (Å²) in [6.07, 6.45) is 1.60. The van der Waals surface area contributed by atoms with Crippen LogP contribution in [0.3, 0.4) is 0 Å². The largest absolute Gasteiger partial charge is 0.490 e. The molecule has 1 saturated heterocycles. The van der Waals surface area contributed by atoms with Crippen LogP contribution in [0, 0.1) is 0 Å². The quantitative estimate of drug-likeness (QED) is 0.807. The molecule has 3 rings (SSSR count). The number of amides is 1.